The van der Waals surface area contributed by atoms with Crippen molar-refractivity contribution in [1.29, 1.82) is 0 Å². The van der Waals surface area contributed by atoms with Crippen molar-refractivity contribution < 1.29 is 9.59 Å². The highest BCUT2D eigenvalue weighted by atomic mass is 16.2. The van der Waals surface area contributed by atoms with Gasteiger partial charge in [-0.3, -0.25) is 19.5 Å². The molecule has 0 saturated carbocycles. The molecule has 2 heterocycles. The fourth-order valence-corrected chi connectivity index (χ4v) is 3.21. The van der Waals surface area contributed by atoms with Crippen molar-refractivity contribution >= 4 is 17.9 Å². The lowest BCUT2D eigenvalue weighted by Gasteiger charge is -2.36. The fourth-order valence-electron chi connectivity index (χ4n) is 3.21. The second-order valence-corrected chi connectivity index (χ2v) is 6.93. The van der Waals surface area contributed by atoms with E-state index in [9.17, 15) is 9.59 Å². The first-order chi connectivity index (χ1) is 13.6. The summed E-state index contributed by atoms with van der Waals surface area (Å²) >= 11 is 0. The van der Waals surface area contributed by atoms with Crippen LogP contribution < -0.4 is 5.32 Å². The number of hydrogen-bond donors (Lipinski definition) is 1. The minimum absolute atomic E-state index is 0.0370. The number of nitrogens with one attached hydrogen (secondary N) is 1. The Morgan fingerprint density at radius 1 is 1.07 bits per heavy atom. The maximum Gasteiger partial charge on any atom is 0.244 e. The predicted octanol–water partition coefficient (Wildman–Crippen LogP) is 1.94. The van der Waals surface area contributed by atoms with Crippen LogP contribution in [0.2, 0.25) is 0 Å². The summed E-state index contributed by atoms with van der Waals surface area (Å²) in [5.41, 5.74) is 2.17. The Bertz CT molecular complexity index is 800. The quantitative estimate of drug-likeness (QED) is 0.781. The third-order valence-corrected chi connectivity index (χ3v) is 4.80. The van der Waals surface area contributed by atoms with Crippen LogP contribution in [0.3, 0.4) is 0 Å². The number of pyridine rings is 1. The second-order valence-electron chi connectivity index (χ2n) is 6.93. The molecule has 2 aromatic rings. The van der Waals surface area contributed by atoms with Crippen molar-refractivity contribution in [1.82, 2.24) is 20.1 Å². The first-order valence-corrected chi connectivity index (χ1v) is 9.55. The van der Waals surface area contributed by atoms with Crippen LogP contribution in [-0.2, 0) is 16.1 Å². The molecule has 1 atom stereocenters. The van der Waals surface area contributed by atoms with Gasteiger partial charge < -0.3 is 10.2 Å². The average molecular weight is 378 g/mol. The summed E-state index contributed by atoms with van der Waals surface area (Å²) in [6, 6.07) is 13.1. The lowest BCUT2D eigenvalue weighted by Crippen LogP contribution is -2.53. The summed E-state index contributed by atoms with van der Waals surface area (Å²) < 4.78 is 0. The first kappa shape index (κ1) is 19.8. The van der Waals surface area contributed by atoms with E-state index in [4.69, 9.17) is 0 Å². The van der Waals surface area contributed by atoms with Gasteiger partial charge in [0.2, 0.25) is 11.8 Å². The van der Waals surface area contributed by atoms with E-state index in [0.29, 0.717) is 13.1 Å². The number of amides is 2. The Balaban J connectivity index is 1.44. The van der Waals surface area contributed by atoms with Crippen LogP contribution in [-0.4, -0.2) is 58.8 Å². The molecule has 1 N–H and O–H groups in total. The zero-order valence-electron chi connectivity index (χ0n) is 16.1. The van der Waals surface area contributed by atoms with Gasteiger partial charge in [0.05, 0.1) is 0 Å². The second kappa shape index (κ2) is 9.80. The summed E-state index contributed by atoms with van der Waals surface area (Å²) in [5, 5.41) is 2.76. The third-order valence-electron chi connectivity index (χ3n) is 4.80. The standard InChI is InChI=1S/C22H26N4O2/c1-18(24-21(27)8-7-19-5-3-2-4-6-19)22(28)26-15-13-25(14-16-26)17-20-9-11-23-12-10-20/h2-12,18H,13-17H2,1H3,(H,24,27)/b8-7+. The van der Waals surface area contributed by atoms with Crippen LogP contribution in [0.1, 0.15) is 18.1 Å². The van der Waals surface area contributed by atoms with Crippen molar-refractivity contribution in [2.24, 2.45) is 0 Å². The SMILES string of the molecule is CC(NC(=O)/C=C/c1ccccc1)C(=O)N1CCN(Cc2ccncc2)CC1. The number of carbonyl (C=O) groups excluding carboxylic acids is 2. The number of aromatic nitrogens is 1. The Hall–Kier alpha value is -2.99. The molecule has 3 rings (SSSR count). The third kappa shape index (κ3) is 5.76. The number of hydrogen-bond acceptors (Lipinski definition) is 4. The zero-order chi connectivity index (χ0) is 19.8. The van der Waals surface area contributed by atoms with E-state index < -0.39 is 6.04 Å². The van der Waals surface area contributed by atoms with E-state index in [1.807, 2.05) is 47.4 Å². The molecule has 0 radical (unpaired) electrons. The fraction of sp³-hybridized carbons (Fsp3) is 0.318. The molecule has 6 heteroatoms. The normalized spacial score (nSPS) is 16.1. The highest BCUT2D eigenvalue weighted by Crippen LogP contribution is 2.09. The molecule has 146 valence electrons. The van der Waals surface area contributed by atoms with Crippen LogP contribution >= 0.6 is 0 Å². The van der Waals surface area contributed by atoms with Gasteiger partial charge >= 0.3 is 0 Å². The lowest BCUT2D eigenvalue weighted by atomic mass is 10.2. The lowest BCUT2D eigenvalue weighted by molar-refractivity contribution is -0.136. The average Bonchev–Trinajstić information content (AvgIpc) is 2.74. The number of nitrogens with zero attached hydrogens (tertiary/aromatic N) is 3. The number of carbonyl (C=O) groups is 2. The Morgan fingerprint density at radius 3 is 2.43 bits per heavy atom. The van der Waals surface area contributed by atoms with Crippen molar-refractivity contribution in [3.63, 3.8) is 0 Å². The smallest absolute Gasteiger partial charge is 0.244 e. The molecule has 1 aromatic carbocycles. The highest BCUT2D eigenvalue weighted by molar-refractivity contribution is 5.95. The summed E-state index contributed by atoms with van der Waals surface area (Å²) in [4.78, 5) is 32.9. The van der Waals surface area contributed by atoms with Gasteiger partial charge in [-0.25, -0.2) is 0 Å². The van der Waals surface area contributed by atoms with Crippen LogP contribution in [0.15, 0.2) is 60.9 Å². The minimum atomic E-state index is -0.542. The van der Waals surface area contributed by atoms with Gasteiger partial charge in [-0.1, -0.05) is 30.3 Å². The Morgan fingerprint density at radius 2 is 1.75 bits per heavy atom. The molecule has 1 saturated heterocycles. The molecule has 28 heavy (non-hydrogen) atoms. The maximum atomic E-state index is 12.6. The zero-order valence-corrected chi connectivity index (χ0v) is 16.1. The van der Waals surface area contributed by atoms with Gasteiger partial charge in [0.25, 0.3) is 0 Å². The monoisotopic (exact) mass is 378 g/mol. The maximum absolute atomic E-state index is 12.6. The first-order valence-electron chi connectivity index (χ1n) is 9.55. The van der Waals surface area contributed by atoms with Gasteiger partial charge in [0.1, 0.15) is 6.04 Å². The molecule has 2 amide bonds. The Labute approximate surface area is 165 Å². The van der Waals surface area contributed by atoms with Gasteiger partial charge in [0, 0.05) is 51.2 Å². The van der Waals surface area contributed by atoms with Gasteiger partial charge in [0.15, 0.2) is 0 Å². The van der Waals surface area contributed by atoms with E-state index in [1.165, 1.54) is 11.6 Å². The molecule has 0 spiro atoms. The molecule has 0 aliphatic carbocycles. The molecule has 6 nitrogen and oxygen atoms in total. The molecule has 0 bridgehead atoms. The van der Waals surface area contributed by atoms with Gasteiger partial charge in [-0.05, 0) is 36.3 Å². The predicted molar refractivity (Wildman–Crippen MR) is 109 cm³/mol. The van der Waals surface area contributed by atoms with E-state index in [-0.39, 0.29) is 11.8 Å². The summed E-state index contributed by atoms with van der Waals surface area (Å²) in [6.45, 7) is 5.58. The number of rotatable bonds is 6. The number of piperazine rings is 1. The van der Waals surface area contributed by atoms with Gasteiger partial charge in [-0.15, -0.1) is 0 Å². The van der Waals surface area contributed by atoms with E-state index >= 15 is 0 Å². The van der Waals surface area contributed by atoms with Crippen molar-refractivity contribution in [3.05, 3.63) is 72.1 Å². The van der Waals surface area contributed by atoms with Gasteiger partial charge in [-0.2, -0.15) is 0 Å². The van der Waals surface area contributed by atoms with E-state index in [0.717, 1.165) is 25.2 Å². The summed E-state index contributed by atoms with van der Waals surface area (Å²) in [5.74, 6) is -0.300. The van der Waals surface area contributed by atoms with E-state index in [1.54, 1.807) is 25.4 Å². The summed E-state index contributed by atoms with van der Waals surface area (Å²) in [7, 11) is 0. The van der Waals surface area contributed by atoms with Crippen molar-refractivity contribution in [2.45, 2.75) is 19.5 Å². The van der Waals surface area contributed by atoms with Crippen LogP contribution in [0.5, 0.6) is 0 Å². The van der Waals surface area contributed by atoms with Crippen molar-refractivity contribution in [2.75, 3.05) is 26.2 Å². The van der Waals surface area contributed by atoms with Crippen LogP contribution in [0.4, 0.5) is 0 Å². The molecule has 1 unspecified atom stereocenters. The highest BCUT2D eigenvalue weighted by Gasteiger charge is 2.25. The Kier molecular flexibility index (Phi) is 6.92. The molecular weight excluding hydrogens is 352 g/mol. The van der Waals surface area contributed by atoms with Crippen LogP contribution in [0, 0.1) is 0 Å². The van der Waals surface area contributed by atoms with E-state index in [2.05, 4.69) is 15.2 Å². The molecular formula is C22H26N4O2. The number of benzene rings is 1. The molecule has 1 aliphatic rings. The largest absolute Gasteiger partial charge is 0.341 e. The van der Waals surface area contributed by atoms with Crippen LogP contribution in [0.25, 0.3) is 6.08 Å². The topological polar surface area (TPSA) is 65.5 Å². The molecule has 1 aromatic heterocycles. The summed E-state index contributed by atoms with van der Waals surface area (Å²) in [6.07, 6.45) is 6.80. The minimum Gasteiger partial charge on any atom is -0.341 e. The molecule has 1 fully saturated rings. The van der Waals surface area contributed by atoms with Crippen molar-refractivity contribution in [3.8, 4) is 0 Å². The molecule has 1 aliphatic heterocycles.